The number of likely N-dealkylation sites (tertiary alicyclic amines) is 1. The first-order valence-electron chi connectivity index (χ1n) is 16.2. The highest BCUT2D eigenvalue weighted by Gasteiger charge is 2.38. The fraction of sp³-hybridized carbons (Fsp3) is 0.297. The van der Waals surface area contributed by atoms with Gasteiger partial charge in [0.25, 0.3) is 0 Å². The minimum atomic E-state index is -3.14. The smallest absolute Gasteiger partial charge is 0.328 e. The number of hydrogen-bond donors (Lipinski definition) is 3. The van der Waals surface area contributed by atoms with Gasteiger partial charge in [0.15, 0.2) is 0 Å². The van der Waals surface area contributed by atoms with Gasteiger partial charge in [0.2, 0.25) is 5.82 Å². The minimum Gasteiger partial charge on any atom is -0.328 e. The Bertz CT molecular complexity index is 2030. The van der Waals surface area contributed by atoms with Crippen LogP contribution in [-0.2, 0) is 6.54 Å². The van der Waals surface area contributed by atoms with Crippen LogP contribution in [0.5, 0.6) is 0 Å². The lowest BCUT2D eigenvalue weighted by molar-refractivity contribution is -0.314. The average Bonchev–Trinajstić information content (AvgIpc) is 3.53. The van der Waals surface area contributed by atoms with E-state index in [1.54, 1.807) is 0 Å². The molecule has 1 aliphatic carbocycles. The number of benzene rings is 2. The molecule has 0 unspecified atom stereocenters. The lowest BCUT2D eigenvalue weighted by Crippen LogP contribution is -2.57. The van der Waals surface area contributed by atoms with Crippen molar-refractivity contribution in [2.24, 2.45) is 9.98 Å². The largest absolute Gasteiger partial charge is 0.371 e. The van der Waals surface area contributed by atoms with Crippen LogP contribution in [0.15, 0.2) is 83.2 Å². The van der Waals surface area contributed by atoms with Gasteiger partial charge in [-0.05, 0) is 51.1 Å². The van der Waals surface area contributed by atoms with Crippen molar-refractivity contribution in [2.45, 2.75) is 57.8 Å². The van der Waals surface area contributed by atoms with Gasteiger partial charge in [-0.3, -0.25) is 19.8 Å². The molecule has 6 rings (SSSR count). The topological polar surface area (TPSA) is 159 Å². The lowest BCUT2D eigenvalue weighted by atomic mass is 10.0. The van der Waals surface area contributed by atoms with Crippen LogP contribution in [0.1, 0.15) is 61.7 Å². The summed E-state index contributed by atoms with van der Waals surface area (Å²) in [4.78, 5) is 25.4. The van der Waals surface area contributed by atoms with Gasteiger partial charge in [-0.1, -0.05) is 60.7 Å². The molecule has 0 saturated carbocycles. The van der Waals surface area contributed by atoms with Crippen LogP contribution in [0, 0.1) is 11.3 Å². The molecule has 3 heterocycles. The van der Waals surface area contributed by atoms with Crippen LogP contribution >= 0.6 is 0 Å². The second-order valence-electron chi connectivity index (χ2n) is 12.4. The fourth-order valence-corrected chi connectivity index (χ4v) is 6.40. The predicted octanol–water partition coefficient (Wildman–Crippen LogP) is 2.82. The second-order valence-corrected chi connectivity index (χ2v) is 12.4. The monoisotopic (exact) mass is 657 g/mol. The summed E-state index contributed by atoms with van der Waals surface area (Å²) in [6.45, 7) is 10.2. The van der Waals surface area contributed by atoms with Gasteiger partial charge in [-0.15, -0.1) is 0 Å². The Hall–Kier alpha value is -5.32. The molecule has 1 saturated heterocycles. The van der Waals surface area contributed by atoms with Crippen molar-refractivity contribution in [3.8, 4) is 6.07 Å². The van der Waals surface area contributed by atoms with Crippen molar-refractivity contribution in [1.82, 2.24) is 24.4 Å². The van der Waals surface area contributed by atoms with Gasteiger partial charge in [0.1, 0.15) is 11.9 Å². The van der Waals surface area contributed by atoms with Crippen LogP contribution in [0.4, 0.5) is 5.82 Å². The third-order valence-electron chi connectivity index (χ3n) is 8.78. The normalized spacial score (nSPS) is 16.7. The van der Waals surface area contributed by atoms with E-state index in [1.807, 2.05) is 48.8 Å². The predicted molar refractivity (Wildman–Crippen MR) is 189 cm³/mol. The van der Waals surface area contributed by atoms with Crippen molar-refractivity contribution >= 4 is 41.8 Å². The van der Waals surface area contributed by atoms with Crippen LogP contribution in [0.3, 0.4) is 0 Å². The number of aliphatic hydroxyl groups is 3. The Morgan fingerprint density at radius 3 is 2.39 bits per heavy atom. The maximum Gasteiger partial charge on any atom is 0.371 e. The Labute approximate surface area is 284 Å². The Morgan fingerprint density at radius 1 is 1.02 bits per heavy atom. The molecule has 0 amide bonds. The molecule has 0 bridgehead atoms. The molecule has 3 N–H and O–H groups in total. The number of piperidine rings is 1. The minimum absolute atomic E-state index is 0.0683. The molecule has 2 aliphatic rings. The average molecular weight is 658 g/mol. The van der Waals surface area contributed by atoms with Crippen molar-refractivity contribution in [2.75, 3.05) is 18.0 Å². The number of rotatable bonds is 10. The molecule has 12 heteroatoms. The maximum absolute atomic E-state index is 10.2. The number of aliphatic imine (C=N–C) groups is 2. The molecule has 1 fully saturated rings. The fourth-order valence-electron chi connectivity index (χ4n) is 6.40. The lowest BCUT2D eigenvalue weighted by Gasteiger charge is -2.42. The van der Waals surface area contributed by atoms with Gasteiger partial charge >= 0.3 is 6.10 Å². The summed E-state index contributed by atoms with van der Waals surface area (Å²) in [5.41, 5.74) is 5.25. The van der Waals surface area contributed by atoms with Crippen LogP contribution in [-0.4, -0.2) is 77.4 Å². The molecule has 4 aromatic rings. The zero-order chi connectivity index (χ0) is 34.5. The zero-order valence-electron chi connectivity index (χ0n) is 27.6. The number of nitriles is 1. The highest BCUT2D eigenvalue weighted by atomic mass is 16.7. The van der Waals surface area contributed by atoms with Crippen molar-refractivity contribution in [1.29, 1.82) is 5.26 Å². The van der Waals surface area contributed by atoms with E-state index >= 15 is 0 Å². The number of fused-ring (bicyclic) bond motifs is 1. The molecule has 0 atom stereocenters. The molecule has 0 spiro atoms. The third kappa shape index (κ3) is 7.56. The summed E-state index contributed by atoms with van der Waals surface area (Å²) < 4.78 is 2.17. The number of aromatic nitrogens is 4. The van der Waals surface area contributed by atoms with Crippen molar-refractivity contribution in [3.63, 3.8) is 0 Å². The summed E-state index contributed by atoms with van der Waals surface area (Å²) in [6, 6.07) is 21.4. The van der Waals surface area contributed by atoms with E-state index in [1.165, 1.54) is 12.3 Å². The third-order valence-corrected chi connectivity index (χ3v) is 8.78. The van der Waals surface area contributed by atoms with Gasteiger partial charge in [0, 0.05) is 61.2 Å². The summed E-state index contributed by atoms with van der Waals surface area (Å²) >= 11 is 0. The first-order valence-corrected chi connectivity index (χ1v) is 16.2. The number of nitrogens with zero attached hydrogens (tertiary/aromatic N) is 9. The van der Waals surface area contributed by atoms with E-state index in [0.717, 1.165) is 43.7 Å². The second kappa shape index (κ2) is 14.4. The molecule has 49 heavy (non-hydrogen) atoms. The molecule has 1 aliphatic heterocycles. The molecular weight excluding hydrogens is 618 g/mol. The SMILES string of the molecule is C=N/C(=C(\N=C1C=c2ncn(C(C)C)c2=CC1)c1ccc(CN2CCC(N(c3ccnc(C#N)n3)C(O)(O)O)CC2)cc1)c1ccccc1. The Balaban J connectivity index is 1.22. The number of hydrogen-bond acceptors (Lipinski definition) is 11. The Kier molecular flexibility index (Phi) is 9.89. The quantitative estimate of drug-likeness (QED) is 0.132. The van der Waals surface area contributed by atoms with E-state index in [9.17, 15) is 20.6 Å². The summed E-state index contributed by atoms with van der Waals surface area (Å²) in [5.74, 6) is -0.0572. The highest BCUT2D eigenvalue weighted by Crippen LogP contribution is 2.31. The molecular formula is C37H39N9O3. The van der Waals surface area contributed by atoms with E-state index in [0.29, 0.717) is 50.6 Å². The standard InChI is InChI=1S/C37H39N9O3/c1-25(2)45-24-41-31-21-29(13-14-32(31)45)42-36(35(39-3)27-7-5-4-6-8-27)28-11-9-26(10-12-28)23-44-19-16-30(17-20-44)46(37(47,48)49)34-15-18-40-33(22-38)43-34/h4-12,14-15,18,21,24-25,30,47-49H,3,13,16-17,19-20,23H2,1-2H3/b36-35-,42-29?. The van der Waals surface area contributed by atoms with Gasteiger partial charge in [-0.2, -0.15) is 5.26 Å². The maximum atomic E-state index is 10.2. The van der Waals surface area contributed by atoms with E-state index in [2.05, 4.69) is 80.3 Å². The first-order chi connectivity index (χ1) is 23.6. The summed E-state index contributed by atoms with van der Waals surface area (Å²) in [7, 11) is 0. The van der Waals surface area contributed by atoms with Crippen molar-refractivity contribution in [3.05, 3.63) is 106 Å². The summed E-state index contributed by atoms with van der Waals surface area (Å²) in [5, 5.41) is 41.7. The first kappa shape index (κ1) is 33.6. The molecule has 0 radical (unpaired) electrons. The van der Waals surface area contributed by atoms with Crippen LogP contribution in [0.25, 0.3) is 23.5 Å². The zero-order valence-corrected chi connectivity index (χ0v) is 27.6. The van der Waals surface area contributed by atoms with Gasteiger partial charge in [-0.25, -0.2) is 15.0 Å². The number of imidazole rings is 1. The molecule has 250 valence electrons. The summed E-state index contributed by atoms with van der Waals surface area (Å²) in [6.07, 6.45) is 6.04. The van der Waals surface area contributed by atoms with E-state index in [-0.39, 0.29) is 11.6 Å². The Morgan fingerprint density at radius 2 is 1.73 bits per heavy atom. The van der Waals surface area contributed by atoms with Crippen LogP contribution in [0.2, 0.25) is 0 Å². The van der Waals surface area contributed by atoms with Crippen molar-refractivity contribution < 1.29 is 15.3 Å². The highest BCUT2D eigenvalue weighted by molar-refractivity contribution is 6.15. The van der Waals surface area contributed by atoms with Crippen LogP contribution < -0.4 is 15.6 Å². The van der Waals surface area contributed by atoms with E-state index in [4.69, 9.17) is 4.99 Å². The van der Waals surface area contributed by atoms with Gasteiger partial charge < -0.3 is 19.9 Å². The van der Waals surface area contributed by atoms with Gasteiger partial charge in [0.05, 0.1) is 28.4 Å². The van der Waals surface area contributed by atoms with E-state index < -0.39 is 12.1 Å². The molecule has 2 aromatic carbocycles. The molecule has 12 nitrogen and oxygen atoms in total. The number of anilines is 1. The molecule has 2 aromatic heterocycles.